The van der Waals surface area contributed by atoms with Crippen LogP contribution >= 0.6 is 0 Å². The lowest BCUT2D eigenvalue weighted by molar-refractivity contribution is -0.145. The summed E-state index contributed by atoms with van der Waals surface area (Å²) in [5.41, 5.74) is -7.38. The van der Waals surface area contributed by atoms with Crippen LogP contribution in [-0.2, 0) is 55.3 Å². The Morgan fingerprint density at radius 2 is 0.924 bits per heavy atom. The van der Waals surface area contributed by atoms with Crippen LogP contribution in [0.3, 0.4) is 0 Å². The molecule has 2 atom stereocenters. The molecule has 2 aliphatic rings. The maximum absolute atomic E-state index is 13.4. The highest BCUT2D eigenvalue weighted by Crippen LogP contribution is 2.49. The Bertz CT molecular complexity index is 2830. The quantitative estimate of drug-likeness (QED) is 0.0879. The van der Waals surface area contributed by atoms with Gasteiger partial charge in [-0.1, -0.05) is 60.7 Å². The van der Waals surface area contributed by atoms with Crippen LogP contribution in [0.2, 0.25) is 0 Å². The predicted octanol–water partition coefficient (Wildman–Crippen LogP) is 15.7. The number of alkyl carbamates (subject to hydrolysis) is 1. The number of aromatic nitrogens is 3. The first-order valence-electron chi connectivity index (χ1n) is 25.2. The van der Waals surface area contributed by atoms with E-state index in [0.29, 0.717) is 75.6 Å². The van der Waals surface area contributed by atoms with Gasteiger partial charge in [-0.05, 0) is 145 Å². The molecule has 2 aliphatic carbocycles. The van der Waals surface area contributed by atoms with E-state index in [-0.39, 0.29) is 49.6 Å². The average Bonchev–Trinajstić information content (AvgIpc) is 4.00. The largest absolute Gasteiger partial charge is 0.444 e. The van der Waals surface area contributed by atoms with Crippen molar-refractivity contribution in [1.29, 1.82) is 0 Å². The number of nitrogens with zero attached hydrogens (tertiary/aromatic N) is 5. The van der Waals surface area contributed by atoms with Crippen LogP contribution in [0.5, 0.6) is 0 Å². The van der Waals surface area contributed by atoms with E-state index in [1.54, 1.807) is 33.4 Å². The highest BCUT2D eigenvalue weighted by Gasteiger charge is 2.49. The number of nitrogens with one attached hydrogen (secondary N) is 1. The van der Waals surface area contributed by atoms with Gasteiger partial charge in [0.15, 0.2) is 0 Å². The van der Waals surface area contributed by atoms with Gasteiger partial charge in [-0.3, -0.25) is 0 Å². The number of hydrogen-bond donors (Lipinski definition) is 1. The Labute approximate surface area is 450 Å². The van der Waals surface area contributed by atoms with Crippen LogP contribution in [0.1, 0.15) is 143 Å². The Morgan fingerprint density at radius 1 is 0.570 bits per heavy atom. The first-order chi connectivity index (χ1) is 36.8. The number of carbonyl (C=O) groups excluding carboxylic acids is 1. The summed E-state index contributed by atoms with van der Waals surface area (Å²) in [4.78, 5) is 19.8. The van der Waals surface area contributed by atoms with Gasteiger partial charge < -0.3 is 33.8 Å². The van der Waals surface area contributed by atoms with E-state index in [1.807, 2.05) is 65.2 Å². The minimum atomic E-state index is -4.96. The van der Waals surface area contributed by atoms with E-state index in [9.17, 15) is 57.5 Å². The molecular formula is C57H60F12N6O4. The van der Waals surface area contributed by atoms with Gasteiger partial charge in [0.05, 0.1) is 47.7 Å². The Kier molecular flexibility index (Phi) is 18.7. The molecule has 10 nitrogen and oxygen atoms in total. The fourth-order valence-corrected chi connectivity index (χ4v) is 10.3. The summed E-state index contributed by atoms with van der Waals surface area (Å²) in [7, 11) is 0. The maximum atomic E-state index is 13.4. The molecule has 1 heterocycles. The lowest BCUT2D eigenvalue weighted by atomic mass is 9.64. The molecule has 2 saturated carbocycles. The first kappa shape index (κ1) is 61.6. The van der Waals surface area contributed by atoms with Crippen molar-refractivity contribution in [2.75, 3.05) is 26.3 Å². The lowest BCUT2D eigenvalue weighted by Crippen LogP contribution is -2.56. The van der Waals surface area contributed by atoms with Crippen molar-refractivity contribution in [2.24, 2.45) is 0 Å². The molecule has 7 rings (SSSR count). The Morgan fingerprint density at radius 3 is 1.25 bits per heavy atom. The zero-order valence-electron chi connectivity index (χ0n) is 43.9. The standard InChI is InChI=1S/C30H34F6N2O3.C27H26F6N4O/c1-20(21-15-23(29(31,32)33)17-24(16-21)30(34,35)36)40-19-27(22-9-7-6-8-10-22)11-13-28(14-12-27,18-37-5)38-25(39)41-26(2,3)4;1-19(20-12-22(26(28,29)30)14-23(13-20)27(31,32)33)38-16-24(21-6-4-3-5-7-21)8-10-25(11-9-24,15-34-2)37-17-35-36-18-37/h6-10,15-17,20H,11-14,18-19H2,1-4H3,(H,38,39);3-7,12-14,17-19H,8-11,15-16H2,1H3/t20-,27?,28?;19-,24?,25?/m11/s1. The van der Waals surface area contributed by atoms with Crippen LogP contribution in [0.25, 0.3) is 9.69 Å². The van der Waals surface area contributed by atoms with Gasteiger partial charge in [-0.15, -0.1) is 10.2 Å². The minimum absolute atomic E-state index is 0.0102. The highest BCUT2D eigenvalue weighted by atomic mass is 19.4. The molecule has 0 spiro atoms. The van der Waals surface area contributed by atoms with Crippen LogP contribution < -0.4 is 5.32 Å². The second kappa shape index (κ2) is 24.0. The molecule has 1 amide bonds. The molecule has 0 radical (unpaired) electrons. The van der Waals surface area contributed by atoms with Gasteiger partial charge in [0.1, 0.15) is 29.3 Å². The van der Waals surface area contributed by atoms with Gasteiger partial charge >= 0.3 is 30.8 Å². The van der Waals surface area contributed by atoms with Crippen molar-refractivity contribution in [3.05, 3.63) is 177 Å². The van der Waals surface area contributed by atoms with E-state index < -0.39 is 92.8 Å². The van der Waals surface area contributed by atoms with E-state index in [0.717, 1.165) is 11.1 Å². The highest BCUT2D eigenvalue weighted by molar-refractivity contribution is 5.69. The number of hydrogen-bond acceptors (Lipinski definition) is 6. The Balaban J connectivity index is 0.000000256. The van der Waals surface area contributed by atoms with E-state index in [4.69, 9.17) is 27.4 Å². The summed E-state index contributed by atoms with van der Waals surface area (Å²) in [5, 5.41) is 10.7. The maximum Gasteiger partial charge on any atom is 0.416 e. The van der Waals surface area contributed by atoms with Gasteiger partial charge in [0.25, 0.3) is 0 Å². The number of amides is 1. The molecule has 79 heavy (non-hydrogen) atoms. The Hall–Kier alpha value is -6.65. The van der Waals surface area contributed by atoms with Crippen molar-refractivity contribution < 1.29 is 71.7 Å². The summed E-state index contributed by atoms with van der Waals surface area (Å²) < 4.78 is 180. The molecule has 1 N–H and O–H groups in total. The second-order valence-corrected chi connectivity index (χ2v) is 21.5. The number of benzene rings is 4. The molecule has 426 valence electrons. The van der Waals surface area contributed by atoms with Gasteiger partial charge in [0, 0.05) is 10.8 Å². The average molecular weight is 1120 g/mol. The first-order valence-corrected chi connectivity index (χ1v) is 25.2. The number of halogens is 12. The van der Waals surface area contributed by atoms with Crippen molar-refractivity contribution in [2.45, 2.75) is 150 Å². The third-order valence-electron chi connectivity index (χ3n) is 14.9. The molecule has 0 unspecified atom stereocenters. The fourth-order valence-electron chi connectivity index (χ4n) is 10.3. The third kappa shape index (κ3) is 15.6. The number of carbonyl (C=O) groups is 1. The van der Waals surface area contributed by atoms with Gasteiger partial charge in [-0.2, -0.15) is 52.7 Å². The topological polar surface area (TPSA) is 96.2 Å². The van der Waals surface area contributed by atoms with Crippen LogP contribution in [0.15, 0.2) is 110 Å². The predicted molar refractivity (Wildman–Crippen MR) is 268 cm³/mol. The SMILES string of the molecule is [C-]#[N+]CC1(NC(=O)OC(C)(C)C)CCC(CO[C@H](C)c2cc(C(F)(F)F)cc(C(F)(F)F)c2)(c2ccccc2)CC1.[C-]#[N+]CC1(n2cnnc2)CCC(CO[C@H](C)c2cc(C(F)(F)F)cc(C(F)(F)F)c2)(c2ccccc2)CC1. The molecule has 5 aromatic rings. The fraction of sp³-hybridized carbons (Fsp3) is 0.491. The minimum Gasteiger partial charge on any atom is -0.444 e. The normalized spacial score (nSPS) is 22.8. The molecular weight excluding hydrogens is 1060 g/mol. The van der Waals surface area contributed by atoms with Crippen LogP contribution in [0.4, 0.5) is 57.5 Å². The van der Waals surface area contributed by atoms with Crippen molar-refractivity contribution in [3.8, 4) is 0 Å². The third-order valence-corrected chi connectivity index (χ3v) is 14.9. The zero-order chi connectivity index (χ0) is 58.3. The van der Waals surface area contributed by atoms with Crippen LogP contribution in [-0.4, -0.2) is 58.3 Å². The second-order valence-electron chi connectivity index (χ2n) is 21.5. The molecule has 0 aliphatic heterocycles. The summed E-state index contributed by atoms with van der Waals surface area (Å²) in [6.07, 6.45) is -15.3. The van der Waals surface area contributed by atoms with E-state index >= 15 is 0 Å². The molecule has 2 fully saturated rings. The number of ether oxygens (including phenoxy) is 3. The molecule has 22 heteroatoms. The summed E-state index contributed by atoms with van der Waals surface area (Å²) in [6, 6.07) is 21.8. The van der Waals surface area contributed by atoms with Gasteiger partial charge in [-0.25, -0.2) is 17.9 Å². The molecule has 4 aromatic carbocycles. The number of alkyl halides is 12. The monoisotopic (exact) mass is 1120 g/mol. The zero-order valence-corrected chi connectivity index (χ0v) is 43.9. The summed E-state index contributed by atoms with van der Waals surface area (Å²) in [5.74, 6) is 0. The van der Waals surface area contributed by atoms with E-state index in [2.05, 4.69) is 25.2 Å². The molecule has 0 bridgehead atoms. The van der Waals surface area contributed by atoms with Crippen molar-refractivity contribution >= 4 is 6.09 Å². The van der Waals surface area contributed by atoms with Crippen LogP contribution in [0, 0.1) is 13.1 Å². The molecule has 1 aromatic heterocycles. The summed E-state index contributed by atoms with van der Waals surface area (Å²) >= 11 is 0. The lowest BCUT2D eigenvalue weighted by Gasteiger charge is -2.45. The van der Waals surface area contributed by atoms with E-state index in [1.165, 1.54) is 13.8 Å². The van der Waals surface area contributed by atoms with Gasteiger partial charge in [0.2, 0.25) is 13.1 Å². The smallest absolute Gasteiger partial charge is 0.416 e. The molecule has 0 saturated heterocycles. The number of rotatable bonds is 14. The summed E-state index contributed by atoms with van der Waals surface area (Å²) in [6.45, 7) is 23.4. The van der Waals surface area contributed by atoms with Crippen molar-refractivity contribution in [1.82, 2.24) is 20.1 Å². The van der Waals surface area contributed by atoms with Crippen molar-refractivity contribution in [3.63, 3.8) is 0 Å².